The van der Waals surface area contributed by atoms with E-state index in [1.165, 1.54) is 11.8 Å². The SMILES string of the molecule is O=C(O)CCCNC(=O)CCSc1ncnc2sc(-c3ccccc3)cc12. The lowest BCUT2D eigenvalue weighted by molar-refractivity contribution is -0.137. The van der Waals surface area contributed by atoms with Crippen LogP contribution >= 0.6 is 23.1 Å². The first kappa shape index (κ1) is 19.3. The van der Waals surface area contributed by atoms with Gasteiger partial charge in [0.2, 0.25) is 5.91 Å². The second-order valence-corrected chi connectivity index (χ2v) is 7.93. The van der Waals surface area contributed by atoms with Gasteiger partial charge in [0.25, 0.3) is 0 Å². The number of carbonyl (C=O) groups is 2. The number of thioether (sulfide) groups is 1. The van der Waals surface area contributed by atoms with Crippen LogP contribution in [0.15, 0.2) is 47.8 Å². The van der Waals surface area contributed by atoms with E-state index in [4.69, 9.17) is 5.11 Å². The first-order valence-electron chi connectivity index (χ1n) is 8.55. The molecule has 0 unspecified atom stereocenters. The number of rotatable bonds is 9. The zero-order chi connectivity index (χ0) is 19.1. The van der Waals surface area contributed by atoms with Crippen LogP contribution in [0.1, 0.15) is 19.3 Å². The number of aliphatic carboxylic acids is 1. The van der Waals surface area contributed by atoms with E-state index in [-0.39, 0.29) is 12.3 Å². The number of hydrogen-bond donors (Lipinski definition) is 2. The van der Waals surface area contributed by atoms with Crippen LogP contribution in [0.3, 0.4) is 0 Å². The first-order chi connectivity index (χ1) is 13.1. The molecule has 0 aliphatic rings. The molecule has 0 spiro atoms. The Labute approximate surface area is 165 Å². The molecule has 0 aliphatic carbocycles. The number of amides is 1. The van der Waals surface area contributed by atoms with Crippen molar-refractivity contribution in [1.29, 1.82) is 0 Å². The zero-order valence-electron chi connectivity index (χ0n) is 14.6. The third-order valence-electron chi connectivity index (χ3n) is 3.81. The van der Waals surface area contributed by atoms with E-state index in [1.807, 2.05) is 18.2 Å². The van der Waals surface area contributed by atoms with E-state index in [9.17, 15) is 9.59 Å². The molecule has 0 bridgehead atoms. The van der Waals surface area contributed by atoms with Crippen molar-refractivity contribution in [3.63, 3.8) is 0 Å². The maximum atomic E-state index is 11.8. The standard InChI is InChI=1S/C19H19N3O3S2/c23-16(20-9-4-7-17(24)25)8-10-26-18-14-11-15(13-5-2-1-3-6-13)27-19(14)22-12-21-18/h1-3,5-6,11-12H,4,7-10H2,(H,20,23)(H,24,25). The Morgan fingerprint density at radius 3 is 2.74 bits per heavy atom. The van der Waals surface area contributed by atoms with Crippen LogP contribution in [-0.2, 0) is 9.59 Å². The van der Waals surface area contributed by atoms with E-state index in [1.54, 1.807) is 17.7 Å². The minimum atomic E-state index is -0.849. The molecule has 0 saturated heterocycles. The molecule has 3 rings (SSSR count). The first-order valence-corrected chi connectivity index (χ1v) is 10.3. The molecule has 140 valence electrons. The van der Waals surface area contributed by atoms with Crippen molar-refractivity contribution in [3.8, 4) is 10.4 Å². The Morgan fingerprint density at radius 2 is 1.96 bits per heavy atom. The van der Waals surface area contributed by atoms with Gasteiger partial charge in [0, 0.05) is 35.4 Å². The highest BCUT2D eigenvalue weighted by Gasteiger charge is 2.11. The fourth-order valence-electron chi connectivity index (χ4n) is 2.49. The van der Waals surface area contributed by atoms with Gasteiger partial charge in [-0.15, -0.1) is 23.1 Å². The number of aromatic nitrogens is 2. The van der Waals surface area contributed by atoms with E-state index in [0.717, 1.165) is 25.7 Å². The number of hydrogen-bond acceptors (Lipinski definition) is 6. The summed E-state index contributed by atoms with van der Waals surface area (Å²) >= 11 is 3.16. The predicted molar refractivity (Wildman–Crippen MR) is 108 cm³/mol. The summed E-state index contributed by atoms with van der Waals surface area (Å²) in [4.78, 5) is 33.1. The van der Waals surface area contributed by atoms with Crippen molar-refractivity contribution in [2.45, 2.75) is 24.3 Å². The fourth-order valence-corrected chi connectivity index (χ4v) is 4.47. The number of fused-ring (bicyclic) bond motifs is 1. The lowest BCUT2D eigenvalue weighted by atomic mass is 10.2. The zero-order valence-corrected chi connectivity index (χ0v) is 16.2. The molecule has 1 aromatic carbocycles. The predicted octanol–water partition coefficient (Wildman–Crippen LogP) is 3.82. The maximum absolute atomic E-state index is 11.8. The average molecular weight is 402 g/mol. The number of benzene rings is 1. The highest BCUT2D eigenvalue weighted by Crippen LogP contribution is 2.36. The molecule has 0 atom stereocenters. The van der Waals surface area contributed by atoms with Gasteiger partial charge in [-0.25, -0.2) is 9.97 Å². The number of thiophene rings is 1. The molecule has 2 N–H and O–H groups in total. The van der Waals surface area contributed by atoms with Crippen LogP contribution in [0.2, 0.25) is 0 Å². The summed E-state index contributed by atoms with van der Waals surface area (Å²) in [7, 11) is 0. The van der Waals surface area contributed by atoms with Crippen LogP contribution in [-0.4, -0.2) is 39.2 Å². The largest absolute Gasteiger partial charge is 0.481 e. The highest BCUT2D eigenvalue weighted by atomic mass is 32.2. The Morgan fingerprint density at radius 1 is 1.15 bits per heavy atom. The molecule has 0 fully saturated rings. The summed E-state index contributed by atoms with van der Waals surface area (Å²) in [6, 6.07) is 12.2. The second kappa shape index (κ2) is 9.48. The molecule has 0 saturated carbocycles. The fraction of sp³-hybridized carbons (Fsp3) is 0.263. The Bertz CT molecular complexity index is 928. The summed E-state index contributed by atoms with van der Waals surface area (Å²) in [6.07, 6.45) is 2.43. The van der Waals surface area contributed by atoms with Gasteiger partial charge >= 0.3 is 5.97 Å². The van der Waals surface area contributed by atoms with Gasteiger partial charge in [-0.2, -0.15) is 0 Å². The maximum Gasteiger partial charge on any atom is 0.303 e. The van der Waals surface area contributed by atoms with Gasteiger partial charge < -0.3 is 10.4 Å². The van der Waals surface area contributed by atoms with Crippen molar-refractivity contribution < 1.29 is 14.7 Å². The van der Waals surface area contributed by atoms with Gasteiger partial charge in [0.15, 0.2) is 0 Å². The molecule has 2 aromatic heterocycles. The third-order valence-corrected chi connectivity index (χ3v) is 5.91. The highest BCUT2D eigenvalue weighted by molar-refractivity contribution is 7.99. The topological polar surface area (TPSA) is 92.2 Å². The number of nitrogens with one attached hydrogen (secondary N) is 1. The van der Waals surface area contributed by atoms with Crippen molar-refractivity contribution in [2.75, 3.05) is 12.3 Å². The van der Waals surface area contributed by atoms with Crippen LogP contribution in [0, 0.1) is 0 Å². The summed E-state index contributed by atoms with van der Waals surface area (Å²) in [5.74, 6) is -0.320. The molecule has 0 aliphatic heterocycles. The summed E-state index contributed by atoms with van der Waals surface area (Å²) in [5, 5.41) is 13.2. The van der Waals surface area contributed by atoms with Gasteiger partial charge in [0.1, 0.15) is 16.2 Å². The van der Waals surface area contributed by atoms with Crippen LogP contribution in [0.5, 0.6) is 0 Å². The number of carboxylic acid groups (broad SMARTS) is 1. The molecule has 8 heteroatoms. The molecule has 0 radical (unpaired) electrons. The van der Waals surface area contributed by atoms with Crippen molar-refractivity contribution in [2.24, 2.45) is 0 Å². The molecular weight excluding hydrogens is 382 g/mol. The van der Waals surface area contributed by atoms with E-state index in [2.05, 4.69) is 33.5 Å². The minimum Gasteiger partial charge on any atom is -0.481 e. The Balaban J connectivity index is 1.57. The molecule has 1 amide bonds. The van der Waals surface area contributed by atoms with E-state index < -0.39 is 5.97 Å². The van der Waals surface area contributed by atoms with Gasteiger partial charge in [-0.1, -0.05) is 30.3 Å². The van der Waals surface area contributed by atoms with E-state index >= 15 is 0 Å². The number of carbonyl (C=O) groups excluding carboxylic acids is 1. The molecule has 27 heavy (non-hydrogen) atoms. The van der Waals surface area contributed by atoms with Crippen molar-refractivity contribution in [1.82, 2.24) is 15.3 Å². The minimum absolute atomic E-state index is 0.0653. The molecule has 6 nitrogen and oxygen atoms in total. The second-order valence-electron chi connectivity index (χ2n) is 5.82. The van der Waals surface area contributed by atoms with Crippen LogP contribution < -0.4 is 5.32 Å². The van der Waals surface area contributed by atoms with Gasteiger partial charge in [0.05, 0.1) is 0 Å². The van der Waals surface area contributed by atoms with Crippen LogP contribution in [0.25, 0.3) is 20.7 Å². The Hall–Kier alpha value is -2.45. The van der Waals surface area contributed by atoms with Crippen molar-refractivity contribution in [3.05, 3.63) is 42.7 Å². The van der Waals surface area contributed by atoms with Gasteiger partial charge in [-0.3, -0.25) is 9.59 Å². The van der Waals surface area contributed by atoms with Crippen LogP contribution in [0.4, 0.5) is 0 Å². The third kappa shape index (κ3) is 5.51. The number of carboxylic acids is 1. The van der Waals surface area contributed by atoms with Gasteiger partial charge in [-0.05, 0) is 18.1 Å². The molecule has 2 heterocycles. The molecular formula is C19H19N3O3S2. The lowest BCUT2D eigenvalue weighted by Crippen LogP contribution is -2.25. The summed E-state index contributed by atoms with van der Waals surface area (Å²) in [6.45, 7) is 0.387. The van der Waals surface area contributed by atoms with Crippen molar-refractivity contribution >= 4 is 45.2 Å². The average Bonchev–Trinajstić information content (AvgIpc) is 3.11. The summed E-state index contributed by atoms with van der Waals surface area (Å²) in [5.41, 5.74) is 1.15. The molecule has 3 aromatic rings. The smallest absolute Gasteiger partial charge is 0.303 e. The quantitative estimate of drug-likeness (QED) is 0.322. The Kier molecular flexibility index (Phi) is 6.78. The number of nitrogens with zero attached hydrogens (tertiary/aromatic N) is 2. The van der Waals surface area contributed by atoms with E-state index in [0.29, 0.717) is 25.1 Å². The lowest BCUT2D eigenvalue weighted by Gasteiger charge is -2.04. The summed E-state index contributed by atoms with van der Waals surface area (Å²) < 4.78 is 0. The monoisotopic (exact) mass is 401 g/mol. The normalized spacial score (nSPS) is 10.8.